The van der Waals surface area contributed by atoms with Crippen molar-refractivity contribution in [1.29, 1.82) is 0 Å². The Bertz CT molecular complexity index is 1790. The number of benzene rings is 3. The highest BCUT2D eigenvalue weighted by atomic mass is 32.2. The summed E-state index contributed by atoms with van der Waals surface area (Å²) < 4.78 is 68.4. The molecule has 15 atom stereocenters. The summed E-state index contributed by atoms with van der Waals surface area (Å²) in [5.41, 5.74) is -0.502. The first-order valence-electron chi connectivity index (χ1n) is 20.5. The van der Waals surface area contributed by atoms with Gasteiger partial charge in [-0.2, -0.15) is 0 Å². The van der Waals surface area contributed by atoms with Gasteiger partial charge in [0.15, 0.2) is 18.5 Å². The van der Waals surface area contributed by atoms with E-state index in [0.717, 1.165) is 4.90 Å². The second-order valence-corrected chi connectivity index (χ2v) is 18.8. The third-order valence-corrected chi connectivity index (χ3v) is 13.4. The van der Waals surface area contributed by atoms with Crippen molar-refractivity contribution in [3.05, 3.63) is 96.6 Å². The van der Waals surface area contributed by atoms with Crippen LogP contribution in [0.4, 0.5) is 4.39 Å². The average Bonchev–Trinajstić information content (AvgIpc) is 3.24. The zero-order chi connectivity index (χ0) is 44.4. The molecule has 15 unspecified atom stereocenters. The van der Waals surface area contributed by atoms with Gasteiger partial charge >= 0.3 is 11.9 Å². The zero-order valence-electron chi connectivity index (χ0n) is 36.5. The van der Waals surface area contributed by atoms with Crippen LogP contribution in [0.3, 0.4) is 0 Å². The van der Waals surface area contributed by atoms with Crippen LogP contribution in [0.15, 0.2) is 101 Å². The highest BCUT2D eigenvalue weighted by Gasteiger charge is 2.54. The molecule has 0 amide bonds. The van der Waals surface area contributed by atoms with Gasteiger partial charge in [0.2, 0.25) is 6.36 Å². The minimum absolute atomic E-state index is 0.00995. The largest absolute Gasteiger partial charge is 0.454 e. The quantitative estimate of drug-likeness (QED) is 0.178. The van der Waals surface area contributed by atoms with Crippen LogP contribution in [-0.4, -0.2) is 123 Å². The molecule has 0 radical (unpaired) electrons. The number of halogens is 1. The Hall–Kier alpha value is -3.09. The molecule has 0 aromatic heterocycles. The van der Waals surface area contributed by atoms with Gasteiger partial charge in [-0.25, -0.2) is 9.18 Å². The Labute approximate surface area is 367 Å². The molecule has 3 aromatic rings. The normalized spacial score (nSPS) is 34.1. The molecule has 0 aliphatic carbocycles. The molecule has 61 heavy (non-hydrogen) atoms. The van der Waals surface area contributed by atoms with Crippen molar-refractivity contribution in [2.45, 2.75) is 143 Å². The van der Waals surface area contributed by atoms with Crippen LogP contribution in [0.25, 0.3) is 0 Å². The molecule has 6 rings (SSSR count). The van der Waals surface area contributed by atoms with Gasteiger partial charge in [-0.3, -0.25) is 4.79 Å². The molecule has 15 heteroatoms. The minimum Gasteiger partial charge on any atom is -0.454 e. The summed E-state index contributed by atoms with van der Waals surface area (Å²) in [6.07, 6.45) is -9.79. The van der Waals surface area contributed by atoms with Crippen molar-refractivity contribution in [2.24, 2.45) is 11.3 Å². The maximum Gasteiger partial charge on any atom is 0.338 e. The number of esters is 2. The maximum atomic E-state index is 15.3. The number of aliphatic hydroxyl groups is 1. The lowest BCUT2D eigenvalue weighted by Crippen LogP contribution is -2.64. The predicted molar refractivity (Wildman–Crippen MR) is 230 cm³/mol. The standard InChI is InChI=1S/C32H41FO9S.C14H20O3S/c1-18-23(25(37-7)27(28(33)38-18)43-21-16-12-9-13-17-21)41-30-26(42-31(35)32(3,4)5)24(36-6)22(19(2)39-30)40-29(34)20-14-10-8-11-15-20;1-9-13(16-3)12(15)10(2)17-14(9)18-11-7-5-4-6-8-11/h8-19,22-28,30H,1-7H3;4-10,12-15H,1-3H3. The van der Waals surface area contributed by atoms with Crippen molar-refractivity contribution < 1.29 is 61.7 Å². The van der Waals surface area contributed by atoms with Crippen molar-refractivity contribution >= 4 is 35.5 Å². The van der Waals surface area contributed by atoms with E-state index in [1.165, 1.54) is 30.9 Å². The molecular formula is C46H61FO12S2. The Balaban J connectivity index is 0.000000325. The van der Waals surface area contributed by atoms with Gasteiger partial charge in [0.1, 0.15) is 29.9 Å². The number of carbonyl (C=O) groups excluding carboxylic acids is 2. The predicted octanol–water partition coefficient (Wildman–Crippen LogP) is 7.74. The number of carbonyl (C=O) groups is 2. The lowest BCUT2D eigenvalue weighted by atomic mass is 9.94. The van der Waals surface area contributed by atoms with Gasteiger partial charge in [0.05, 0.1) is 40.6 Å². The van der Waals surface area contributed by atoms with E-state index in [-0.39, 0.29) is 23.6 Å². The number of aliphatic hydroxyl groups excluding tert-OH is 1. The van der Waals surface area contributed by atoms with E-state index in [2.05, 4.69) is 19.1 Å². The second kappa shape index (κ2) is 22.5. The summed E-state index contributed by atoms with van der Waals surface area (Å²) in [5.74, 6) is -0.963. The van der Waals surface area contributed by atoms with Crippen LogP contribution >= 0.6 is 23.5 Å². The molecule has 336 valence electrons. The first-order valence-corrected chi connectivity index (χ1v) is 22.3. The monoisotopic (exact) mass is 888 g/mol. The van der Waals surface area contributed by atoms with E-state index in [4.69, 9.17) is 42.6 Å². The zero-order valence-corrected chi connectivity index (χ0v) is 38.1. The number of thioether (sulfide) groups is 2. The van der Waals surface area contributed by atoms with Crippen LogP contribution < -0.4 is 0 Å². The van der Waals surface area contributed by atoms with Crippen LogP contribution in [0.2, 0.25) is 0 Å². The molecule has 0 bridgehead atoms. The van der Waals surface area contributed by atoms with Gasteiger partial charge in [0, 0.05) is 37.0 Å². The second-order valence-electron chi connectivity index (χ2n) is 16.3. The summed E-state index contributed by atoms with van der Waals surface area (Å²) in [5, 5.41) is 9.27. The van der Waals surface area contributed by atoms with Gasteiger partial charge in [-0.05, 0) is 77.9 Å². The third kappa shape index (κ3) is 12.6. The van der Waals surface area contributed by atoms with Crippen molar-refractivity contribution in [2.75, 3.05) is 21.3 Å². The van der Waals surface area contributed by atoms with Crippen LogP contribution in [0.5, 0.6) is 0 Å². The van der Waals surface area contributed by atoms with Gasteiger partial charge in [0.25, 0.3) is 0 Å². The minimum atomic E-state index is -1.63. The topological polar surface area (TPSA) is 137 Å². The lowest BCUT2D eigenvalue weighted by molar-refractivity contribution is -0.334. The number of hydrogen-bond donors (Lipinski definition) is 1. The van der Waals surface area contributed by atoms with Gasteiger partial charge < -0.3 is 47.7 Å². The molecule has 3 aliphatic rings. The Kier molecular flexibility index (Phi) is 18.1. The fourth-order valence-corrected chi connectivity index (χ4v) is 9.71. The lowest BCUT2D eigenvalue weighted by Gasteiger charge is -2.48. The number of ether oxygens (including phenoxy) is 9. The first kappa shape index (κ1) is 48.9. The summed E-state index contributed by atoms with van der Waals surface area (Å²) >= 11 is 2.97. The molecule has 3 saturated heterocycles. The molecule has 3 aromatic carbocycles. The van der Waals surface area contributed by atoms with E-state index >= 15 is 4.39 Å². The molecule has 3 heterocycles. The molecule has 12 nitrogen and oxygen atoms in total. The highest BCUT2D eigenvalue weighted by molar-refractivity contribution is 8.00. The fourth-order valence-electron chi connectivity index (χ4n) is 7.33. The maximum absolute atomic E-state index is 15.3. The van der Waals surface area contributed by atoms with Crippen LogP contribution in [0, 0.1) is 11.3 Å². The molecular weight excluding hydrogens is 828 g/mol. The van der Waals surface area contributed by atoms with E-state index in [0.29, 0.717) is 5.56 Å². The van der Waals surface area contributed by atoms with Crippen LogP contribution in [-0.2, 0) is 47.4 Å². The number of hydrogen-bond acceptors (Lipinski definition) is 14. The highest BCUT2D eigenvalue weighted by Crippen LogP contribution is 2.40. The Morgan fingerprint density at radius 2 is 1.15 bits per heavy atom. The fraction of sp³-hybridized carbons (Fsp3) is 0.565. The summed E-state index contributed by atoms with van der Waals surface area (Å²) in [6, 6.07) is 28.1. The van der Waals surface area contributed by atoms with Crippen molar-refractivity contribution in [3.63, 3.8) is 0 Å². The van der Waals surface area contributed by atoms with Crippen molar-refractivity contribution in [3.8, 4) is 0 Å². The van der Waals surface area contributed by atoms with Crippen molar-refractivity contribution in [1.82, 2.24) is 0 Å². The first-order chi connectivity index (χ1) is 29.1. The summed E-state index contributed by atoms with van der Waals surface area (Å²) in [7, 11) is 4.57. The van der Waals surface area contributed by atoms with Crippen LogP contribution in [0.1, 0.15) is 58.8 Å². The smallest absolute Gasteiger partial charge is 0.338 e. The molecule has 1 N–H and O–H groups in total. The summed E-state index contributed by atoms with van der Waals surface area (Å²) in [6.45, 7) is 12.5. The van der Waals surface area contributed by atoms with E-state index in [1.807, 2.05) is 55.5 Å². The number of alkyl halides is 1. The third-order valence-electron chi connectivity index (χ3n) is 10.8. The van der Waals surface area contributed by atoms with Gasteiger partial charge in [-0.1, -0.05) is 73.3 Å². The molecule has 3 aliphatic heterocycles. The average molecular weight is 889 g/mol. The molecule has 0 saturated carbocycles. The van der Waals surface area contributed by atoms with E-state index in [1.54, 1.807) is 83.8 Å². The molecule has 3 fully saturated rings. The van der Waals surface area contributed by atoms with E-state index < -0.39 is 84.1 Å². The summed E-state index contributed by atoms with van der Waals surface area (Å²) in [4.78, 5) is 28.2. The number of rotatable bonds is 12. The Morgan fingerprint density at radius 3 is 1.69 bits per heavy atom. The SMILES string of the molecule is COC1C(C)C(Sc2ccccc2)OC(C)C1O.COC1C(OC(=O)c2ccccc2)C(C)OC(OC2C(C)OC(F)C(Sc3ccccc3)C2OC)C1OC(=O)C(C)(C)C. The molecule has 0 spiro atoms. The van der Waals surface area contributed by atoms with Gasteiger partial charge in [-0.15, -0.1) is 11.8 Å². The Morgan fingerprint density at radius 1 is 0.623 bits per heavy atom. The number of methoxy groups -OCH3 is 3. The van der Waals surface area contributed by atoms with E-state index in [9.17, 15) is 14.7 Å².